The molecule has 0 saturated carbocycles. The van der Waals surface area contributed by atoms with Gasteiger partial charge in [0.2, 0.25) is 0 Å². The molecule has 0 fully saturated rings. The van der Waals surface area contributed by atoms with Gasteiger partial charge < -0.3 is 5.32 Å². The molecule has 1 amide bonds. The molecule has 0 aliphatic heterocycles. The Morgan fingerprint density at radius 1 is 1.14 bits per heavy atom. The molecule has 2 aromatic carbocycles. The third-order valence-corrected chi connectivity index (χ3v) is 3.55. The lowest BCUT2D eigenvalue weighted by Gasteiger charge is -2.12. The Morgan fingerprint density at radius 3 is 2.48 bits per heavy atom. The first-order valence-electron chi connectivity index (χ1n) is 6.11. The molecule has 110 valence electrons. The van der Waals surface area contributed by atoms with Gasteiger partial charge in [-0.1, -0.05) is 41.9 Å². The van der Waals surface area contributed by atoms with E-state index in [0.29, 0.717) is 0 Å². The average Bonchev–Trinajstić information content (AvgIpc) is 2.49. The summed E-state index contributed by atoms with van der Waals surface area (Å²) in [6.07, 6.45) is 0. The van der Waals surface area contributed by atoms with Crippen LogP contribution in [0.4, 0.5) is 8.78 Å². The number of hydrogen-bond acceptors (Lipinski definition) is 1. The van der Waals surface area contributed by atoms with Gasteiger partial charge in [0.05, 0.1) is 16.0 Å². The highest BCUT2D eigenvalue weighted by atomic mass is 35.5. The van der Waals surface area contributed by atoms with Crippen molar-refractivity contribution in [1.29, 1.82) is 0 Å². The number of alkyl halides is 1. The number of amides is 1. The van der Waals surface area contributed by atoms with Gasteiger partial charge in [-0.05, 0) is 17.7 Å². The first kappa shape index (κ1) is 15.7. The van der Waals surface area contributed by atoms with Crippen LogP contribution in [-0.4, -0.2) is 12.5 Å². The number of hydrogen-bond donors (Lipinski definition) is 1. The Labute approximate surface area is 130 Å². The van der Waals surface area contributed by atoms with Crippen LogP contribution >= 0.6 is 23.2 Å². The molecule has 2 rings (SSSR count). The zero-order valence-corrected chi connectivity index (χ0v) is 12.3. The molecule has 2 aromatic rings. The lowest BCUT2D eigenvalue weighted by atomic mass is 10.1. The summed E-state index contributed by atoms with van der Waals surface area (Å²) in [5.74, 6) is -2.48. The number of benzene rings is 2. The average molecular weight is 330 g/mol. The Morgan fingerprint density at radius 2 is 1.81 bits per heavy atom. The van der Waals surface area contributed by atoms with Crippen molar-refractivity contribution in [2.75, 3.05) is 6.54 Å². The van der Waals surface area contributed by atoms with E-state index in [0.717, 1.165) is 17.7 Å². The maximum Gasteiger partial charge on any atom is 0.254 e. The topological polar surface area (TPSA) is 29.1 Å². The minimum Gasteiger partial charge on any atom is -0.350 e. The van der Waals surface area contributed by atoms with E-state index in [4.69, 9.17) is 23.2 Å². The van der Waals surface area contributed by atoms with Gasteiger partial charge in [-0.25, -0.2) is 8.78 Å². The first-order valence-corrected chi connectivity index (χ1v) is 6.92. The van der Waals surface area contributed by atoms with E-state index in [1.54, 1.807) is 0 Å². The summed E-state index contributed by atoms with van der Waals surface area (Å²) >= 11 is 11.6. The monoisotopic (exact) mass is 329 g/mol. The summed E-state index contributed by atoms with van der Waals surface area (Å²) < 4.78 is 26.9. The quantitative estimate of drug-likeness (QED) is 0.656. The van der Waals surface area contributed by atoms with Crippen molar-refractivity contribution >= 4 is 29.1 Å². The highest BCUT2D eigenvalue weighted by Crippen LogP contribution is 2.21. The second kappa shape index (κ2) is 6.87. The van der Waals surface area contributed by atoms with Crippen LogP contribution in [0.1, 0.15) is 21.3 Å². The Hall–Kier alpha value is -1.65. The normalized spacial score (nSPS) is 12.0. The van der Waals surface area contributed by atoms with Crippen molar-refractivity contribution in [3.63, 3.8) is 0 Å². The molecular formula is C15H11Cl2F2NO. The van der Waals surface area contributed by atoms with E-state index >= 15 is 0 Å². The first-order chi connectivity index (χ1) is 9.99. The van der Waals surface area contributed by atoms with Gasteiger partial charge in [0.25, 0.3) is 5.91 Å². The molecule has 0 aromatic heterocycles. The molecule has 0 aliphatic carbocycles. The fourth-order valence-corrected chi connectivity index (χ4v) is 2.13. The second-order valence-electron chi connectivity index (χ2n) is 4.33. The molecule has 6 heteroatoms. The van der Waals surface area contributed by atoms with Crippen molar-refractivity contribution in [2.24, 2.45) is 0 Å². The fraction of sp³-hybridized carbons (Fsp3) is 0.133. The van der Waals surface area contributed by atoms with E-state index in [1.165, 1.54) is 0 Å². The predicted octanol–water partition coefficient (Wildman–Crippen LogP) is 4.33. The zero-order valence-electron chi connectivity index (χ0n) is 10.7. The van der Waals surface area contributed by atoms with Crippen molar-refractivity contribution < 1.29 is 13.6 Å². The second-order valence-corrected chi connectivity index (χ2v) is 5.27. The van der Waals surface area contributed by atoms with E-state index in [9.17, 15) is 13.6 Å². The van der Waals surface area contributed by atoms with Gasteiger partial charge in [-0.2, -0.15) is 0 Å². The van der Waals surface area contributed by atoms with E-state index in [-0.39, 0.29) is 11.6 Å². The summed E-state index contributed by atoms with van der Waals surface area (Å²) in [5.41, 5.74) is 0.413. The molecule has 0 aliphatic rings. The highest BCUT2D eigenvalue weighted by molar-refractivity contribution is 6.30. The van der Waals surface area contributed by atoms with Gasteiger partial charge in [0, 0.05) is 6.54 Å². The van der Waals surface area contributed by atoms with Gasteiger partial charge in [0.1, 0.15) is 11.6 Å². The van der Waals surface area contributed by atoms with Crippen molar-refractivity contribution in [3.05, 3.63) is 70.2 Å². The molecule has 0 bridgehead atoms. The molecule has 0 heterocycles. The van der Waals surface area contributed by atoms with Gasteiger partial charge in [-0.3, -0.25) is 4.79 Å². The Balaban J connectivity index is 2.04. The molecule has 0 radical (unpaired) electrons. The lowest BCUT2D eigenvalue weighted by molar-refractivity contribution is 0.0949. The van der Waals surface area contributed by atoms with Crippen molar-refractivity contribution in [2.45, 2.75) is 5.38 Å². The highest BCUT2D eigenvalue weighted by Gasteiger charge is 2.16. The Kier molecular flexibility index (Phi) is 5.15. The van der Waals surface area contributed by atoms with Gasteiger partial charge in [0.15, 0.2) is 0 Å². The molecule has 0 spiro atoms. The summed E-state index contributed by atoms with van der Waals surface area (Å²) in [6, 6.07) is 10.6. The maximum absolute atomic E-state index is 13.6. The van der Waals surface area contributed by atoms with Crippen LogP contribution in [0.25, 0.3) is 0 Å². The van der Waals surface area contributed by atoms with Crippen LogP contribution in [0.15, 0.2) is 42.5 Å². The van der Waals surface area contributed by atoms with Gasteiger partial charge >= 0.3 is 0 Å². The third kappa shape index (κ3) is 3.93. The number of halogens is 4. The van der Waals surface area contributed by atoms with Crippen LogP contribution in [0.2, 0.25) is 5.02 Å². The van der Waals surface area contributed by atoms with Crippen LogP contribution in [0.5, 0.6) is 0 Å². The summed E-state index contributed by atoms with van der Waals surface area (Å²) in [4.78, 5) is 11.8. The van der Waals surface area contributed by atoms with Gasteiger partial charge in [-0.15, -0.1) is 11.6 Å². The number of nitrogens with one attached hydrogen (secondary N) is 1. The van der Waals surface area contributed by atoms with Crippen LogP contribution < -0.4 is 5.32 Å². The molecule has 1 N–H and O–H groups in total. The Bertz CT molecular complexity index is 650. The largest absolute Gasteiger partial charge is 0.350 e. The van der Waals surface area contributed by atoms with E-state index in [2.05, 4.69) is 5.32 Å². The van der Waals surface area contributed by atoms with Crippen molar-refractivity contribution in [3.8, 4) is 0 Å². The number of rotatable bonds is 4. The number of carbonyl (C=O) groups excluding carboxylic acids is 1. The standard InChI is InChI=1S/C15H11Cl2F2NO/c16-11-7-13(18)10(6-14(11)19)15(21)20-8-12(17)9-4-2-1-3-5-9/h1-7,12H,8H2,(H,20,21). The van der Waals surface area contributed by atoms with Crippen molar-refractivity contribution in [1.82, 2.24) is 5.32 Å². The summed E-state index contributed by atoms with van der Waals surface area (Å²) in [5, 5.41) is 1.63. The molecule has 21 heavy (non-hydrogen) atoms. The molecule has 0 saturated heterocycles. The molecule has 1 atom stereocenters. The smallest absolute Gasteiger partial charge is 0.254 e. The van der Waals surface area contributed by atoms with Crippen LogP contribution in [0.3, 0.4) is 0 Å². The molecular weight excluding hydrogens is 319 g/mol. The minimum absolute atomic E-state index is 0.0914. The minimum atomic E-state index is -0.885. The molecule has 1 unspecified atom stereocenters. The third-order valence-electron chi connectivity index (χ3n) is 2.86. The SMILES string of the molecule is O=C(NCC(Cl)c1ccccc1)c1cc(F)c(Cl)cc1F. The predicted molar refractivity (Wildman–Crippen MR) is 78.7 cm³/mol. The van der Waals surface area contributed by atoms with E-state index < -0.39 is 28.5 Å². The summed E-state index contributed by atoms with van der Waals surface area (Å²) in [7, 11) is 0. The fourth-order valence-electron chi connectivity index (χ4n) is 1.75. The van der Waals surface area contributed by atoms with E-state index in [1.807, 2.05) is 30.3 Å². The summed E-state index contributed by atoms with van der Waals surface area (Å²) in [6.45, 7) is 0.0914. The zero-order chi connectivity index (χ0) is 15.4. The van der Waals surface area contributed by atoms with Crippen LogP contribution in [0, 0.1) is 11.6 Å². The number of carbonyl (C=O) groups is 1. The van der Waals surface area contributed by atoms with Crippen LogP contribution in [-0.2, 0) is 0 Å². The maximum atomic E-state index is 13.6. The lowest BCUT2D eigenvalue weighted by Crippen LogP contribution is -2.27. The molecule has 2 nitrogen and oxygen atoms in total.